The summed E-state index contributed by atoms with van der Waals surface area (Å²) in [5.74, 6) is -1.46. The van der Waals surface area contributed by atoms with E-state index in [2.05, 4.69) is 17.0 Å². The third-order valence-electron chi connectivity index (χ3n) is 3.35. The fraction of sp³-hybridized carbons (Fsp3) is 0.533. The molecule has 1 aromatic rings. The minimum atomic E-state index is -1.01. The van der Waals surface area contributed by atoms with E-state index in [1.165, 1.54) is 0 Å². The van der Waals surface area contributed by atoms with Crippen LogP contribution >= 0.6 is 0 Å². The lowest BCUT2D eigenvalue weighted by Crippen LogP contribution is -2.40. The summed E-state index contributed by atoms with van der Waals surface area (Å²) < 4.78 is 1.58. The van der Waals surface area contributed by atoms with Crippen LogP contribution in [0.3, 0.4) is 0 Å². The van der Waals surface area contributed by atoms with E-state index in [9.17, 15) is 14.7 Å². The Kier molecular flexibility index (Phi) is 6.65. The van der Waals surface area contributed by atoms with Crippen molar-refractivity contribution in [3.63, 3.8) is 0 Å². The summed E-state index contributed by atoms with van der Waals surface area (Å²) in [6, 6.07) is 0.766. The number of hydrogen-bond acceptors (Lipinski definition) is 3. The fourth-order valence-electron chi connectivity index (χ4n) is 1.98. The molecule has 1 rings (SSSR count). The van der Waals surface area contributed by atoms with Crippen LogP contribution in [-0.2, 0) is 11.8 Å². The highest BCUT2D eigenvalue weighted by Gasteiger charge is 2.21. The van der Waals surface area contributed by atoms with Gasteiger partial charge in [-0.1, -0.05) is 18.9 Å². The van der Waals surface area contributed by atoms with Gasteiger partial charge in [-0.05, 0) is 32.3 Å². The van der Waals surface area contributed by atoms with E-state index in [1.807, 2.05) is 13.0 Å². The molecule has 6 heteroatoms. The Morgan fingerprint density at radius 2 is 2.19 bits per heavy atom. The molecule has 0 saturated carbocycles. The molecule has 6 nitrogen and oxygen atoms in total. The van der Waals surface area contributed by atoms with Gasteiger partial charge >= 0.3 is 5.97 Å². The third-order valence-corrected chi connectivity index (χ3v) is 3.35. The summed E-state index contributed by atoms with van der Waals surface area (Å²) >= 11 is 0. The van der Waals surface area contributed by atoms with E-state index < -0.39 is 17.9 Å². The highest BCUT2D eigenvalue weighted by molar-refractivity contribution is 5.95. The number of aryl methyl sites for hydroxylation is 2. The van der Waals surface area contributed by atoms with Gasteiger partial charge in [-0.3, -0.25) is 9.48 Å². The lowest BCUT2D eigenvalue weighted by Gasteiger charge is -2.13. The molecule has 1 heterocycles. The van der Waals surface area contributed by atoms with Crippen LogP contribution in [0.25, 0.3) is 0 Å². The quantitative estimate of drug-likeness (QED) is 0.539. The summed E-state index contributed by atoms with van der Waals surface area (Å²) in [6.07, 6.45) is 5.87. The molecule has 1 amide bonds. The second kappa shape index (κ2) is 8.24. The van der Waals surface area contributed by atoms with Gasteiger partial charge in [0.1, 0.15) is 11.7 Å². The van der Waals surface area contributed by atoms with Crippen LogP contribution in [0.2, 0.25) is 0 Å². The van der Waals surface area contributed by atoms with Gasteiger partial charge in [0.25, 0.3) is 5.91 Å². The molecule has 116 valence electrons. The van der Waals surface area contributed by atoms with E-state index >= 15 is 0 Å². The number of carbonyl (C=O) groups is 2. The van der Waals surface area contributed by atoms with Crippen LogP contribution in [0.1, 0.15) is 48.3 Å². The highest BCUT2D eigenvalue weighted by atomic mass is 16.4. The van der Waals surface area contributed by atoms with Crippen molar-refractivity contribution in [1.82, 2.24) is 15.1 Å². The number of nitrogens with one attached hydrogen (secondary N) is 1. The maximum Gasteiger partial charge on any atom is 0.326 e. The Labute approximate surface area is 124 Å². The Morgan fingerprint density at radius 1 is 1.48 bits per heavy atom. The van der Waals surface area contributed by atoms with E-state index in [1.54, 1.807) is 17.8 Å². The zero-order chi connectivity index (χ0) is 15.8. The number of amides is 1. The van der Waals surface area contributed by atoms with Gasteiger partial charge in [0, 0.05) is 12.7 Å². The molecule has 0 saturated heterocycles. The largest absolute Gasteiger partial charge is 0.480 e. The van der Waals surface area contributed by atoms with Crippen molar-refractivity contribution >= 4 is 11.9 Å². The molecule has 2 N–H and O–H groups in total. The van der Waals surface area contributed by atoms with Gasteiger partial charge in [-0.2, -0.15) is 5.10 Å². The molecule has 0 aliphatic rings. The zero-order valence-corrected chi connectivity index (χ0v) is 12.6. The minimum Gasteiger partial charge on any atom is -0.480 e. The predicted molar refractivity (Wildman–Crippen MR) is 80.1 cm³/mol. The molecule has 0 aliphatic carbocycles. The summed E-state index contributed by atoms with van der Waals surface area (Å²) in [5.41, 5.74) is 1.09. The number of carboxylic acids is 1. The maximum atomic E-state index is 12.0. The Balaban J connectivity index is 2.51. The summed E-state index contributed by atoms with van der Waals surface area (Å²) in [4.78, 5) is 23.2. The summed E-state index contributed by atoms with van der Waals surface area (Å²) in [5, 5.41) is 15.7. The number of unbranched alkanes of at least 4 members (excludes halogenated alkanes) is 3. The molecule has 1 aromatic heterocycles. The van der Waals surface area contributed by atoms with E-state index in [4.69, 9.17) is 0 Å². The standard InChI is InChI=1S/C15H23N3O3/c1-4-5-6-7-8-9-12(15(20)21)16-14(19)13-10-11(2)18(3)17-13/h4,10,12H,1,5-9H2,2-3H3,(H,16,19)(H,20,21)/t12-/m0/s1. The molecule has 0 unspecified atom stereocenters. The third kappa shape index (κ3) is 5.41. The van der Waals surface area contributed by atoms with Crippen LogP contribution in [0, 0.1) is 6.92 Å². The predicted octanol–water partition coefficient (Wildman–Crippen LogP) is 2.05. The maximum absolute atomic E-state index is 12.0. The minimum absolute atomic E-state index is 0.243. The number of carboxylic acid groups (broad SMARTS) is 1. The van der Waals surface area contributed by atoms with Crippen molar-refractivity contribution in [2.45, 2.75) is 45.1 Å². The monoisotopic (exact) mass is 293 g/mol. The van der Waals surface area contributed by atoms with Crippen molar-refractivity contribution in [3.8, 4) is 0 Å². The number of nitrogens with zero attached hydrogens (tertiary/aromatic N) is 2. The van der Waals surface area contributed by atoms with Gasteiger partial charge in [-0.25, -0.2) is 4.79 Å². The van der Waals surface area contributed by atoms with Crippen molar-refractivity contribution in [2.24, 2.45) is 7.05 Å². The van der Waals surface area contributed by atoms with Crippen LogP contribution in [-0.4, -0.2) is 32.8 Å². The van der Waals surface area contributed by atoms with Crippen molar-refractivity contribution in [1.29, 1.82) is 0 Å². The second-order valence-corrected chi connectivity index (χ2v) is 5.09. The number of rotatable bonds is 9. The highest BCUT2D eigenvalue weighted by Crippen LogP contribution is 2.08. The molecule has 0 radical (unpaired) electrons. The molecular formula is C15H23N3O3. The van der Waals surface area contributed by atoms with Crippen molar-refractivity contribution < 1.29 is 14.7 Å². The van der Waals surface area contributed by atoms with Gasteiger partial charge in [0.15, 0.2) is 0 Å². The summed E-state index contributed by atoms with van der Waals surface area (Å²) in [6.45, 7) is 5.48. The van der Waals surface area contributed by atoms with Gasteiger partial charge < -0.3 is 10.4 Å². The SMILES string of the molecule is C=CCCCCC[C@H](NC(=O)c1cc(C)n(C)n1)C(=O)O. The van der Waals surface area contributed by atoms with Gasteiger partial charge in [0.05, 0.1) is 0 Å². The Bertz CT molecular complexity index is 489. The van der Waals surface area contributed by atoms with Crippen LogP contribution in [0.4, 0.5) is 0 Å². The Hall–Kier alpha value is -2.11. The lowest BCUT2D eigenvalue weighted by atomic mass is 10.1. The van der Waals surface area contributed by atoms with Crippen LogP contribution in [0.15, 0.2) is 18.7 Å². The average molecular weight is 293 g/mol. The fourth-order valence-corrected chi connectivity index (χ4v) is 1.98. The molecule has 1 atom stereocenters. The number of allylic oxidation sites excluding steroid dienone is 1. The first-order valence-electron chi connectivity index (χ1n) is 7.11. The Morgan fingerprint density at radius 3 is 2.71 bits per heavy atom. The normalized spacial score (nSPS) is 11.9. The smallest absolute Gasteiger partial charge is 0.326 e. The van der Waals surface area contributed by atoms with Gasteiger partial charge in [-0.15, -0.1) is 6.58 Å². The van der Waals surface area contributed by atoms with E-state index in [-0.39, 0.29) is 5.69 Å². The van der Waals surface area contributed by atoms with Crippen LogP contribution < -0.4 is 5.32 Å². The molecule has 0 bridgehead atoms. The molecule has 0 spiro atoms. The number of aliphatic carboxylic acids is 1. The first-order chi connectivity index (χ1) is 9.95. The first-order valence-corrected chi connectivity index (χ1v) is 7.11. The second-order valence-electron chi connectivity index (χ2n) is 5.09. The van der Waals surface area contributed by atoms with Crippen molar-refractivity contribution in [3.05, 3.63) is 30.1 Å². The van der Waals surface area contributed by atoms with Crippen LogP contribution in [0.5, 0.6) is 0 Å². The number of hydrogen-bond donors (Lipinski definition) is 2. The van der Waals surface area contributed by atoms with E-state index in [0.29, 0.717) is 6.42 Å². The molecule has 21 heavy (non-hydrogen) atoms. The lowest BCUT2D eigenvalue weighted by molar-refractivity contribution is -0.139. The molecule has 0 fully saturated rings. The molecule has 0 aliphatic heterocycles. The topological polar surface area (TPSA) is 84.2 Å². The summed E-state index contributed by atoms with van der Waals surface area (Å²) in [7, 11) is 1.74. The first kappa shape index (κ1) is 16.9. The van der Waals surface area contributed by atoms with Crippen molar-refractivity contribution in [2.75, 3.05) is 0 Å². The molecular weight excluding hydrogens is 270 g/mol. The number of aromatic nitrogens is 2. The average Bonchev–Trinajstić information content (AvgIpc) is 2.77. The number of carbonyl (C=O) groups excluding carboxylic acids is 1. The van der Waals surface area contributed by atoms with E-state index in [0.717, 1.165) is 31.4 Å². The molecule has 0 aromatic carbocycles. The van der Waals surface area contributed by atoms with Gasteiger partial charge in [0.2, 0.25) is 0 Å². The zero-order valence-electron chi connectivity index (χ0n) is 12.6.